The van der Waals surface area contributed by atoms with Crippen molar-refractivity contribution in [2.24, 2.45) is 0 Å². The largest absolute Gasteiger partial charge is 0.488 e. The van der Waals surface area contributed by atoms with Crippen LogP contribution in [0, 0.1) is 5.82 Å². The highest BCUT2D eigenvalue weighted by Gasteiger charge is 2.79. The van der Waals surface area contributed by atoms with Gasteiger partial charge in [0.15, 0.2) is 0 Å². The lowest BCUT2D eigenvalue weighted by atomic mass is 9.86. The minimum absolute atomic E-state index is 0.0647. The number of morpholine rings is 1. The van der Waals surface area contributed by atoms with Gasteiger partial charge < -0.3 is 45.2 Å². The van der Waals surface area contributed by atoms with E-state index in [4.69, 9.17) is 9.47 Å². The molecule has 2 aromatic carbocycles. The molecule has 1 unspecified atom stereocenters. The van der Waals surface area contributed by atoms with E-state index >= 15 is 4.39 Å². The number of ether oxygens (including phenoxy) is 2. The van der Waals surface area contributed by atoms with Gasteiger partial charge in [-0.25, -0.2) is 9.29 Å². The first-order valence-electron chi connectivity index (χ1n) is 12.3. The zero-order chi connectivity index (χ0) is 30.0. The molecule has 220 valence electrons. The minimum Gasteiger partial charge on any atom is -0.488 e. The zero-order valence-corrected chi connectivity index (χ0v) is 21.2. The average molecular weight is 579 g/mol. The first kappa shape index (κ1) is 28.9. The van der Waals surface area contributed by atoms with E-state index in [1.807, 2.05) is 4.90 Å². The summed E-state index contributed by atoms with van der Waals surface area (Å²) in [5, 5.41) is 74.9. The van der Waals surface area contributed by atoms with E-state index in [9.17, 15) is 50.1 Å². The summed E-state index contributed by atoms with van der Waals surface area (Å²) in [7, 11) is 0. The monoisotopic (exact) mass is 579 g/mol. The number of nitrogens with zero attached hydrogens (tertiary/aromatic N) is 2. The molecule has 8 N–H and O–H groups in total. The molecule has 0 saturated carbocycles. The summed E-state index contributed by atoms with van der Waals surface area (Å²) in [5.74, 6) is -19.5. The van der Waals surface area contributed by atoms with Crippen molar-refractivity contribution in [2.45, 2.75) is 36.4 Å². The van der Waals surface area contributed by atoms with E-state index in [0.29, 0.717) is 38.4 Å². The van der Waals surface area contributed by atoms with Crippen molar-refractivity contribution < 1.29 is 64.0 Å². The molecule has 3 aliphatic heterocycles. The molecule has 2 saturated heterocycles. The Labute approximate surface area is 230 Å². The molecular weight excluding hydrogens is 553 g/mol. The van der Waals surface area contributed by atoms with Crippen LogP contribution in [0.1, 0.15) is 27.0 Å². The lowest BCUT2D eigenvalue weighted by Gasteiger charge is -2.51. The Hall–Kier alpha value is -3.58. The van der Waals surface area contributed by atoms with Crippen molar-refractivity contribution in [1.82, 2.24) is 15.1 Å². The number of carbonyl (C=O) groups excluding carboxylic acids is 3. The van der Waals surface area contributed by atoms with Gasteiger partial charge in [-0.3, -0.25) is 24.6 Å². The maximum Gasteiger partial charge on any atom is 0.306 e. The highest BCUT2D eigenvalue weighted by molar-refractivity contribution is 6.10. The van der Waals surface area contributed by atoms with Crippen LogP contribution >= 0.6 is 0 Å². The number of piperidine rings is 1. The Balaban J connectivity index is 1.46. The predicted octanol–water partition coefficient (Wildman–Crippen LogP) is -3.51. The molecular formula is C25H26FN3O12. The van der Waals surface area contributed by atoms with E-state index in [0.717, 1.165) is 12.1 Å². The van der Waals surface area contributed by atoms with Gasteiger partial charge in [-0.15, -0.1) is 0 Å². The number of carbonyl (C=O) groups is 3. The van der Waals surface area contributed by atoms with Gasteiger partial charge in [0.05, 0.1) is 24.3 Å². The summed E-state index contributed by atoms with van der Waals surface area (Å²) in [6, 6.07) is 7.97. The molecule has 1 atom stereocenters. The third kappa shape index (κ3) is 4.19. The second-order valence-electron chi connectivity index (χ2n) is 9.82. The summed E-state index contributed by atoms with van der Waals surface area (Å²) in [5.41, 5.74) is -5.24. The quantitative estimate of drug-likeness (QED) is 0.123. The number of hydrogen-bond donors (Lipinski definition) is 8. The fourth-order valence-electron chi connectivity index (χ4n) is 5.04. The number of aliphatic hydroxyl groups is 7. The summed E-state index contributed by atoms with van der Waals surface area (Å²) in [4.78, 5) is 39.0. The average Bonchev–Trinajstić information content (AvgIpc) is 3.13. The number of hydrogen-bond acceptors (Lipinski definition) is 13. The molecule has 3 amide bonds. The maximum atomic E-state index is 15.3. The fraction of sp³-hybridized carbons (Fsp3) is 0.400. The first-order valence-corrected chi connectivity index (χ1v) is 12.3. The van der Waals surface area contributed by atoms with Crippen LogP contribution in [0.5, 0.6) is 5.75 Å². The summed E-state index contributed by atoms with van der Waals surface area (Å²) in [6.07, 6.45) is 0. The van der Waals surface area contributed by atoms with Gasteiger partial charge in [-0.2, -0.15) is 0 Å². The van der Waals surface area contributed by atoms with Crippen molar-refractivity contribution in [3.63, 3.8) is 0 Å². The molecule has 0 spiro atoms. The van der Waals surface area contributed by atoms with Crippen LogP contribution in [-0.2, 0) is 33.4 Å². The highest BCUT2D eigenvalue weighted by Crippen LogP contribution is 2.48. The Morgan fingerprint density at radius 1 is 0.902 bits per heavy atom. The van der Waals surface area contributed by atoms with Crippen LogP contribution < -0.4 is 10.1 Å². The van der Waals surface area contributed by atoms with E-state index in [2.05, 4.69) is 0 Å². The third-order valence-electron chi connectivity index (χ3n) is 7.30. The van der Waals surface area contributed by atoms with Gasteiger partial charge in [0, 0.05) is 30.8 Å². The van der Waals surface area contributed by atoms with E-state index in [1.54, 1.807) is 12.1 Å². The number of imide groups is 1. The zero-order valence-electron chi connectivity index (χ0n) is 21.2. The smallest absolute Gasteiger partial charge is 0.306 e. The lowest BCUT2D eigenvalue weighted by Crippen LogP contribution is -2.87. The SMILES string of the molecule is O=C1c2cccc(OCc3cccc(CN4CCOCC4)c3F)c2C(O)(O)N1C1(O)C(=O)NC(=O)C(O)(O)C1(O)O. The number of fused-ring (bicyclic) bond motifs is 1. The summed E-state index contributed by atoms with van der Waals surface area (Å²) >= 11 is 0. The number of rotatable bonds is 6. The molecule has 0 aromatic heterocycles. The maximum absolute atomic E-state index is 15.3. The predicted molar refractivity (Wildman–Crippen MR) is 128 cm³/mol. The highest BCUT2D eigenvalue weighted by atomic mass is 19.1. The van der Waals surface area contributed by atoms with Crippen molar-refractivity contribution in [3.05, 3.63) is 64.5 Å². The molecule has 15 nitrogen and oxygen atoms in total. The summed E-state index contributed by atoms with van der Waals surface area (Å²) < 4.78 is 26.2. The van der Waals surface area contributed by atoms with Gasteiger partial charge in [-0.05, 0) is 12.1 Å². The first-order chi connectivity index (χ1) is 19.2. The van der Waals surface area contributed by atoms with Crippen LogP contribution in [0.3, 0.4) is 0 Å². The van der Waals surface area contributed by atoms with Gasteiger partial charge >= 0.3 is 5.79 Å². The van der Waals surface area contributed by atoms with Crippen LogP contribution in [0.25, 0.3) is 0 Å². The molecule has 16 heteroatoms. The Kier molecular flexibility index (Phi) is 6.89. The molecule has 41 heavy (non-hydrogen) atoms. The van der Waals surface area contributed by atoms with E-state index < -0.39 is 75.1 Å². The molecule has 3 aliphatic rings. The number of halogens is 1. The molecule has 0 aliphatic carbocycles. The van der Waals surface area contributed by atoms with Crippen LogP contribution in [0.2, 0.25) is 0 Å². The molecule has 0 radical (unpaired) electrons. The van der Waals surface area contributed by atoms with Crippen molar-refractivity contribution >= 4 is 17.7 Å². The second kappa shape index (κ2) is 9.76. The Bertz CT molecular complexity index is 1420. The number of amides is 3. The normalized spacial score (nSPS) is 25.2. The van der Waals surface area contributed by atoms with Gasteiger partial charge in [0.2, 0.25) is 0 Å². The van der Waals surface area contributed by atoms with E-state index in [-0.39, 0.29) is 5.56 Å². The Morgan fingerprint density at radius 2 is 1.54 bits per heavy atom. The lowest BCUT2D eigenvalue weighted by molar-refractivity contribution is -0.433. The summed E-state index contributed by atoms with van der Waals surface area (Å²) in [6.45, 7) is 2.08. The van der Waals surface area contributed by atoms with E-state index in [1.165, 1.54) is 17.4 Å². The fourth-order valence-corrected chi connectivity index (χ4v) is 5.04. The van der Waals surface area contributed by atoms with Gasteiger partial charge in [-0.1, -0.05) is 24.3 Å². The second-order valence-corrected chi connectivity index (χ2v) is 9.82. The molecule has 0 bridgehead atoms. The van der Waals surface area contributed by atoms with Crippen LogP contribution in [0.4, 0.5) is 4.39 Å². The van der Waals surface area contributed by atoms with Crippen LogP contribution in [-0.4, -0.2) is 107 Å². The molecule has 5 rings (SSSR count). The minimum atomic E-state index is -4.57. The van der Waals surface area contributed by atoms with Crippen molar-refractivity contribution in [1.29, 1.82) is 0 Å². The van der Waals surface area contributed by atoms with Crippen molar-refractivity contribution in [2.75, 3.05) is 26.3 Å². The number of benzene rings is 2. The third-order valence-corrected chi connectivity index (χ3v) is 7.30. The number of nitrogens with one attached hydrogen (secondary N) is 1. The topological polar surface area (TPSA) is 230 Å². The van der Waals surface area contributed by atoms with Crippen LogP contribution in [0.15, 0.2) is 36.4 Å². The molecule has 2 aromatic rings. The molecule has 2 fully saturated rings. The van der Waals surface area contributed by atoms with Crippen molar-refractivity contribution in [3.8, 4) is 5.75 Å². The standard InChI is InChI=1S/C25H26FN3O12/c26-18-13(11-28-7-9-40-10-8-28)3-1-4-14(18)12-41-16-6-2-5-15-17(16)24(36,37)29(19(15)30)22(33)20(31)27-21(32)23(34,35)25(22,38)39/h1-6,33-39H,7-12H2,(H,27,31,32). The molecule has 3 heterocycles. The van der Waals surface area contributed by atoms with Gasteiger partial charge in [0.25, 0.3) is 35.1 Å². The Morgan fingerprint density at radius 3 is 2.22 bits per heavy atom. The van der Waals surface area contributed by atoms with Gasteiger partial charge in [0.1, 0.15) is 18.2 Å².